The molecule has 0 radical (unpaired) electrons. The highest BCUT2D eigenvalue weighted by Gasteiger charge is 2.27. The Hall–Kier alpha value is -1.98. The molecule has 1 heterocycles. The van der Waals surface area contributed by atoms with Crippen molar-refractivity contribution in [3.05, 3.63) is 24.2 Å². The van der Waals surface area contributed by atoms with Gasteiger partial charge in [0.25, 0.3) is 0 Å². The highest BCUT2D eigenvalue weighted by atomic mass is 16.3. The minimum Gasteiger partial charge on any atom is -0.469 e. The third kappa shape index (κ3) is 6.92. The molecule has 0 spiro atoms. The van der Waals surface area contributed by atoms with Gasteiger partial charge in [0.1, 0.15) is 5.76 Å². The Labute approximate surface area is 163 Å². The van der Waals surface area contributed by atoms with Gasteiger partial charge in [-0.2, -0.15) is 0 Å². The molecule has 1 aromatic heterocycles. The molecule has 0 aromatic carbocycles. The number of hydrogen-bond acceptors (Lipinski definition) is 3. The Balaban J connectivity index is 1.99. The molecule has 1 aliphatic carbocycles. The molecule has 2 atom stereocenters. The smallest absolute Gasteiger partial charge is 0.227 e. The molecule has 27 heavy (non-hydrogen) atoms. The Morgan fingerprint density at radius 1 is 1.30 bits per heavy atom. The van der Waals surface area contributed by atoms with Crippen molar-refractivity contribution in [2.75, 3.05) is 19.6 Å². The molecule has 1 fully saturated rings. The Morgan fingerprint density at radius 3 is 2.74 bits per heavy atom. The summed E-state index contributed by atoms with van der Waals surface area (Å²) in [6.07, 6.45) is 7.48. The molecule has 1 aliphatic rings. The maximum Gasteiger partial charge on any atom is 0.227 e. The van der Waals surface area contributed by atoms with E-state index in [0.29, 0.717) is 25.0 Å². The van der Waals surface area contributed by atoms with Crippen LogP contribution in [0.4, 0.5) is 0 Å². The predicted octanol–water partition coefficient (Wildman–Crippen LogP) is 3.10. The van der Waals surface area contributed by atoms with Gasteiger partial charge in [0, 0.05) is 25.6 Å². The van der Waals surface area contributed by atoms with E-state index < -0.39 is 5.41 Å². The summed E-state index contributed by atoms with van der Waals surface area (Å²) in [6, 6.07) is 4.32. The molecule has 6 heteroatoms. The Bertz CT molecular complexity index is 595. The van der Waals surface area contributed by atoms with Gasteiger partial charge in [0.2, 0.25) is 5.91 Å². The number of carbonyl (C=O) groups excluding carboxylic acids is 1. The second-order valence-electron chi connectivity index (χ2n) is 8.18. The summed E-state index contributed by atoms with van der Waals surface area (Å²) in [7, 11) is 0. The van der Waals surface area contributed by atoms with Crippen molar-refractivity contribution in [2.24, 2.45) is 16.3 Å². The van der Waals surface area contributed by atoms with Crippen LogP contribution in [0.25, 0.3) is 0 Å². The monoisotopic (exact) mass is 376 g/mol. The van der Waals surface area contributed by atoms with Crippen LogP contribution < -0.4 is 16.0 Å². The van der Waals surface area contributed by atoms with Gasteiger partial charge in [-0.1, -0.05) is 19.8 Å². The van der Waals surface area contributed by atoms with Gasteiger partial charge in [-0.05, 0) is 51.7 Å². The van der Waals surface area contributed by atoms with E-state index in [-0.39, 0.29) is 5.91 Å². The second kappa shape index (κ2) is 10.4. The molecule has 2 rings (SSSR count). The number of rotatable bonds is 8. The number of guanidine groups is 1. The van der Waals surface area contributed by atoms with Crippen LogP contribution in [0.15, 0.2) is 27.8 Å². The molecule has 1 amide bonds. The normalized spacial score (nSPS) is 21.0. The molecule has 2 unspecified atom stereocenters. The fraction of sp³-hybridized carbons (Fsp3) is 0.714. The van der Waals surface area contributed by atoms with Crippen molar-refractivity contribution in [1.82, 2.24) is 16.0 Å². The SMILES string of the molecule is CCNC(=O)C(C)(C)CN=C(NCCc1ccco1)NC1CCCCC1C. The lowest BCUT2D eigenvalue weighted by molar-refractivity contribution is -0.128. The van der Waals surface area contributed by atoms with E-state index >= 15 is 0 Å². The molecule has 152 valence electrons. The summed E-state index contributed by atoms with van der Waals surface area (Å²) in [5, 5.41) is 9.92. The van der Waals surface area contributed by atoms with Gasteiger partial charge in [-0.3, -0.25) is 9.79 Å². The minimum absolute atomic E-state index is 0.0368. The molecule has 6 nitrogen and oxygen atoms in total. The average molecular weight is 377 g/mol. The van der Waals surface area contributed by atoms with E-state index in [0.717, 1.165) is 24.7 Å². The number of nitrogens with zero attached hydrogens (tertiary/aromatic N) is 1. The Morgan fingerprint density at radius 2 is 2.07 bits per heavy atom. The lowest BCUT2D eigenvalue weighted by Gasteiger charge is -2.31. The van der Waals surface area contributed by atoms with Crippen molar-refractivity contribution < 1.29 is 9.21 Å². The van der Waals surface area contributed by atoms with Crippen molar-refractivity contribution in [1.29, 1.82) is 0 Å². The van der Waals surface area contributed by atoms with Gasteiger partial charge in [-0.15, -0.1) is 0 Å². The van der Waals surface area contributed by atoms with Gasteiger partial charge >= 0.3 is 0 Å². The van der Waals surface area contributed by atoms with Crippen molar-refractivity contribution in [2.45, 2.75) is 65.8 Å². The first kappa shape index (κ1) is 21.3. The van der Waals surface area contributed by atoms with E-state index in [1.807, 2.05) is 32.9 Å². The molecule has 3 N–H and O–H groups in total. The maximum atomic E-state index is 12.3. The lowest BCUT2D eigenvalue weighted by Crippen LogP contribution is -2.48. The number of furan rings is 1. The predicted molar refractivity (Wildman–Crippen MR) is 110 cm³/mol. The fourth-order valence-electron chi connectivity index (χ4n) is 3.37. The van der Waals surface area contributed by atoms with Gasteiger partial charge in [0.15, 0.2) is 5.96 Å². The lowest BCUT2D eigenvalue weighted by atomic mass is 9.86. The molecule has 0 aliphatic heterocycles. The first-order valence-electron chi connectivity index (χ1n) is 10.3. The highest BCUT2D eigenvalue weighted by Crippen LogP contribution is 2.23. The van der Waals surface area contributed by atoms with E-state index in [1.54, 1.807) is 6.26 Å². The molecule has 1 aromatic rings. The molecular formula is C21H36N4O2. The number of amides is 1. The summed E-state index contributed by atoms with van der Waals surface area (Å²) < 4.78 is 5.40. The molecule has 0 saturated heterocycles. The van der Waals surface area contributed by atoms with Crippen LogP contribution in [0.3, 0.4) is 0 Å². The van der Waals surface area contributed by atoms with Gasteiger partial charge in [-0.25, -0.2) is 0 Å². The van der Waals surface area contributed by atoms with Gasteiger partial charge in [0.05, 0.1) is 18.2 Å². The van der Waals surface area contributed by atoms with E-state index in [1.165, 1.54) is 25.7 Å². The third-order valence-electron chi connectivity index (χ3n) is 5.26. The first-order chi connectivity index (χ1) is 12.9. The number of aliphatic imine (C=N–C) groups is 1. The van der Waals surface area contributed by atoms with Crippen LogP contribution in [0, 0.1) is 11.3 Å². The molecule has 0 bridgehead atoms. The zero-order valence-electron chi connectivity index (χ0n) is 17.3. The minimum atomic E-state index is -0.538. The van der Waals surface area contributed by atoms with Gasteiger partial charge < -0.3 is 20.4 Å². The summed E-state index contributed by atoms with van der Waals surface area (Å²) in [6.45, 7) is 9.92. The zero-order valence-corrected chi connectivity index (χ0v) is 17.3. The van der Waals surface area contributed by atoms with Crippen LogP contribution in [0.2, 0.25) is 0 Å². The summed E-state index contributed by atoms with van der Waals surface area (Å²) in [5.74, 6) is 2.41. The van der Waals surface area contributed by atoms with Crippen LogP contribution in [-0.2, 0) is 11.2 Å². The van der Waals surface area contributed by atoms with Crippen LogP contribution >= 0.6 is 0 Å². The average Bonchev–Trinajstić information content (AvgIpc) is 3.15. The Kier molecular flexibility index (Phi) is 8.20. The summed E-state index contributed by atoms with van der Waals surface area (Å²) >= 11 is 0. The first-order valence-corrected chi connectivity index (χ1v) is 10.3. The summed E-state index contributed by atoms with van der Waals surface area (Å²) in [5.41, 5.74) is -0.538. The zero-order chi connectivity index (χ0) is 19.7. The highest BCUT2D eigenvalue weighted by molar-refractivity contribution is 5.83. The van der Waals surface area contributed by atoms with E-state index in [9.17, 15) is 4.79 Å². The van der Waals surface area contributed by atoms with E-state index in [4.69, 9.17) is 9.41 Å². The van der Waals surface area contributed by atoms with Crippen molar-refractivity contribution in [3.63, 3.8) is 0 Å². The van der Waals surface area contributed by atoms with Crippen molar-refractivity contribution >= 4 is 11.9 Å². The van der Waals surface area contributed by atoms with Crippen LogP contribution in [0.1, 0.15) is 59.1 Å². The topological polar surface area (TPSA) is 78.7 Å². The number of carbonyl (C=O) groups is 1. The largest absolute Gasteiger partial charge is 0.469 e. The van der Waals surface area contributed by atoms with E-state index in [2.05, 4.69) is 22.9 Å². The molecular weight excluding hydrogens is 340 g/mol. The maximum absolute atomic E-state index is 12.3. The summed E-state index contributed by atoms with van der Waals surface area (Å²) in [4.78, 5) is 17.0. The molecule has 1 saturated carbocycles. The number of hydrogen-bond donors (Lipinski definition) is 3. The van der Waals surface area contributed by atoms with Crippen molar-refractivity contribution in [3.8, 4) is 0 Å². The second-order valence-corrected chi connectivity index (χ2v) is 8.18. The third-order valence-corrected chi connectivity index (χ3v) is 5.26. The standard InChI is InChI=1S/C21H36N4O2/c1-5-22-19(26)21(3,4)15-24-20(23-13-12-17-10-8-14-27-17)25-18-11-7-6-9-16(18)2/h8,10,14,16,18H,5-7,9,11-13,15H2,1-4H3,(H,22,26)(H2,23,24,25). The number of nitrogens with one attached hydrogen (secondary N) is 3. The van der Waals surface area contributed by atoms with Crippen LogP contribution in [-0.4, -0.2) is 37.5 Å². The fourth-order valence-corrected chi connectivity index (χ4v) is 3.37. The quantitative estimate of drug-likeness (QED) is 0.481. The van der Waals surface area contributed by atoms with Crippen LogP contribution in [0.5, 0.6) is 0 Å².